The number of benzene rings is 3. The van der Waals surface area contributed by atoms with Gasteiger partial charge in [-0.2, -0.15) is 0 Å². The van der Waals surface area contributed by atoms with Gasteiger partial charge in [0, 0.05) is 18.0 Å². The molecule has 28 heavy (non-hydrogen) atoms. The fourth-order valence-corrected chi connectivity index (χ4v) is 3.58. The molecule has 0 amide bonds. The number of aromatic nitrogens is 1. The number of hydrogen-bond acceptors (Lipinski definition) is 2. The minimum absolute atomic E-state index is 0.229. The van der Waals surface area contributed by atoms with Crippen molar-refractivity contribution in [3.63, 3.8) is 0 Å². The second-order valence-corrected chi connectivity index (χ2v) is 7.44. The average molecular weight is 368 g/mol. The largest absolute Gasteiger partial charge is 0.494 e. The molecule has 0 unspecified atom stereocenters. The Balaban J connectivity index is 2.04. The fourth-order valence-electron chi connectivity index (χ4n) is 3.58. The lowest BCUT2D eigenvalue weighted by Crippen LogP contribution is -2.03. The molecule has 0 spiro atoms. The van der Waals surface area contributed by atoms with Crippen LogP contribution in [0.25, 0.3) is 10.9 Å². The van der Waals surface area contributed by atoms with Crippen LogP contribution in [0.4, 0.5) is 5.69 Å². The summed E-state index contributed by atoms with van der Waals surface area (Å²) >= 11 is 0. The highest BCUT2D eigenvalue weighted by Crippen LogP contribution is 2.34. The SMILES string of the molecule is Cc1ccc(C(=Nc2cccc(C)c2)c2c(O)n(C)c3ccc(C)cc23)cc1. The monoisotopic (exact) mass is 368 g/mol. The van der Waals surface area contributed by atoms with Crippen LogP contribution >= 0.6 is 0 Å². The Hall–Kier alpha value is -3.33. The van der Waals surface area contributed by atoms with Gasteiger partial charge in [-0.15, -0.1) is 0 Å². The molecule has 0 saturated carbocycles. The van der Waals surface area contributed by atoms with E-state index in [9.17, 15) is 5.11 Å². The molecule has 0 atom stereocenters. The van der Waals surface area contributed by atoms with Crippen molar-refractivity contribution in [3.05, 3.63) is 94.5 Å². The molecule has 3 heteroatoms. The Morgan fingerprint density at radius 1 is 0.821 bits per heavy atom. The molecule has 1 aromatic heterocycles. The Morgan fingerprint density at radius 2 is 1.50 bits per heavy atom. The predicted octanol–water partition coefficient (Wildman–Crippen LogP) is 5.98. The summed E-state index contributed by atoms with van der Waals surface area (Å²) in [5.74, 6) is 0.229. The molecular formula is C25H24N2O. The van der Waals surface area contributed by atoms with Crippen molar-refractivity contribution in [3.8, 4) is 5.88 Å². The Labute approximate surface area is 165 Å². The Kier molecular flexibility index (Phi) is 4.52. The highest BCUT2D eigenvalue weighted by atomic mass is 16.3. The van der Waals surface area contributed by atoms with E-state index in [2.05, 4.69) is 69.3 Å². The molecule has 1 heterocycles. The van der Waals surface area contributed by atoms with Crippen LogP contribution in [0.15, 0.2) is 71.7 Å². The van der Waals surface area contributed by atoms with Crippen LogP contribution in [-0.4, -0.2) is 15.4 Å². The number of aryl methyl sites for hydroxylation is 4. The topological polar surface area (TPSA) is 37.5 Å². The second-order valence-electron chi connectivity index (χ2n) is 7.44. The second kappa shape index (κ2) is 7.01. The van der Waals surface area contributed by atoms with Crippen LogP contribution in [0.3, 0.4) is 0 Å². The molecule has 3 aromatic carbocycles. The summed E-state index contributed by atoms with van der Waals surface area (Å²) in [4.78, 5) is 4.99. The Morgan fingerprint density at radius 3 is 2.21 bits per heavy atom. The van der Waals surface area contributed by atoms with Gasteiger partial charge in [0.05, 0.1) is 22.5 Å². The van der Waals surface area contributed by atoms with Crippen LogP contribution in [0, 0.1) is 20.8 Å². The van der Waals surface area contributed by atoms with Crippen molar-refractivity contribution in [1.82, 2.24) is 4.57 Å². The lowest BCUT2D eigenvalue weighted by molar-refractivity contribution is 0.434. The summed E-state index contributed by atoms with van der Waals surface area (Å²) in [5, 5.41) is 12.0. The smallest absolute Gasteiger partial charge is 0.201 e. The van der Waals surface area contributed by atoms with Crippen LogP contribution < -0.4 is 0 Å². The summed E-state index contributed by atoms with van der Waals surface area (Å²) in [7, 11) is 1.88. The van der Waals surface area contributed by atoms with E-state index in [-0.39, 0.29) is 5.88 Å². The highest BCUT2D eigenvalue weighted by molar-refractivity contribution is 6.22. The summed E-state index contributed by atoms with van der Waals surface area (Å²) in [6, 6.07) is 22.6. The van der Waals surface area contributed by atoms with E-state index in [0.717, 1.165) is 44.6 Å². The maximum atomic E-state index is 11.0. The van der Waals surface area contributed by atoms with Crippen LogP contribution in [0.1, 0.15) is 27.8 Å². The molecule has 0 saturated heterocycles. The van der Waals surface area contributed by atoms with E-state index in [0.29, 0.717) is 0 Å². The summed E-state index contributed by atoms with van der Waals surface area (Å²) in [6.45, 7) is 6.19. The average Bonchev–Trinajstić information content (AvgIpc) is 2.91. The number of fused-ring (bicyclic) bond motifs is 1. The molecule has 4 aromatic rings. The first-order valence-electron chi connectivity index (χ1n) is 9.45. The van der Waals surface area contributed by atoms with E-state index >= 15 is 0 Å². The molecule has 140 valence electrons. The first-order valence-corrected chi connectivity index (χ1v) is 9.45. The van der Waals surface area contributed by atoms with E-state index in [4.69, 9.17) is 4.99 Å². The molecule has 0 bridgehead atoms. The number of rotatable bonds is 3. The van der Waals surface area contributed by atoms with Crippen LogP contribution in [0.2, 0.25) is 0 Å². The van der Waals surface area contributed by atoms with Gasteiger partial charge in [-0.3, -0.25) is 0 Å². The van der Waals surface area contributed by atoms with Gasteiger partial charge in [0.2, 0.25) is 5.88 Å². The van der Waals surface area contributed by atoms with Crippen molar-refractivity contribution in [1.29, 1.82) is 0 Å². The molecule has 1 N–H and O–H groups in total. The third-order valence-electron chi connectivity index (χ3n) is 5.13. The van der Waals surface area contributed by atoms with E-state index in [1.54, 1.807) is 0 Å². The highest BCUT2D eigenvalue weighted by Gasteiger charge is 2.21. The fraction of sp³-hybridized carbons (Fsp3) is 0.160. The van der Waals surface area contributed by atoms with Gasteiger partial charge in [0.1, 0.15) is 0 Å². The summed E-state index contributed by atoms with van der Waals surface area (Å²) in [6.07, 6.45) is 0. The first kappa shape index (κ1) is 18.1. The minimum Gasteiger partial charge on any atom is -0.494 e. The molecular weight excluding hydrogens is 344 g/mol. The third kappa shape index (κ3) is 3.20. The quantitative estimate of drug-likeness (QED) is 0.444. The third-order valence-corrected chi connectivity index (χ3v) is 5.13. The van der Waals surface area contributed by atoms with Crippen LogP contribution in [0.5, 0.6) is 5.88 Å². The maximum absolute atomic E-state index is 11.0. The van der Waals surface area contributed by atoms with Crippen molar-refractivity contribution in [2.45, 2.75) is 20.8 Å². The normalized spacial score (nSPS) is 11.9. The lowest BCUT2D eigenvalue weighted by atomic mass is 9.99. The molecule has 0 aliphatic heterocycles. The minimum atomic E-state index is 0.229. The van der Waals surface area contributed by atoms with Gasteiger partial charge < -0.3 is 9.67 Å². The van der Waals surface area contributed by atoms with Crippen molar-refractivity contribution in [2.75, 3.05) is 0 Å². The van der Waals surface area contributed by atoms with Gasteiger partial charge >= 0.3 is 0 Å². The van der Waals surface area contributed by atoms with Crippen molar-refractivity contribution >= 4 is 22.3 Å². The number of aromatic hydroxyl groups is 1. The predicted molar refractivity (Wildman–Crippen MR) is 117 cm³/mol. The first-order chi connectivity index (χ1) is 13.4. The molecule has 0 aliphatic carbocycles. The zero-order valence-electron chi connectivity index (χ0n) is 16.7. The van der Waals surface area contributed by atoms with E-state index < -0.39 is 0 Å². The van der Waals surface area contributed by atoms with Crippen molar-refractivity contribution < 1.29 is 5.11 Å². The van der Waals surface area contributed by atoms with Gasteiger partial charge in [-0.05, 0) is 50.6 Å². The number of aliphatic imine (C=N–C) groups is 1. The molecule has 0 aliphatic rings. The lowest BCUT2D eigenvalue weighted by Gasteiger charge is -2.09. The van der Waals surface area contributed by atoms with Gasteiger partial charge in [-0.1, -0.05) is 53.6 Å². The van der Waals surface area contributed by atoms with Gasteiger partial charge in [-0.25, -0.2) is 4.99 Å². The molecule has 4 rings (SSSR count). The summed E-state index contributed by atoms with van der Waals surface area (Å²) < 4.78 is 1.82. The van der Waals surface area contributed by atoms with Crippen molar-refractivity contribution in [2.24, 2.45) is 12.0 Å². The van der Waals surface area contributed by atoms with E-state index in [1.807, 2.05) is 29.8 Å². The number of hydrogen-bond donors (Lipinski definition) is 1. The molecule has 0 fully saturated rings. The molecule has 3 nitrogen and oxygen atoms in total. The maximum Gasteiger partial charge on any atom is 0.201 e. The van der Waals surface area contributed by atoms with Gasteiger partial charge in [0.15, 0.2) is 0 Å². The standard InChI is InChI=1S/C25H24N2O/c1-16-8-11-19(12-9-16)24(26-20-7-5-6-17(2)14-20)23-21-15-18(3)10-13-22(21)27(4)25(23)28/h5-15,28H,1-4H3. The van der Waals surface area contributed by atoms with E-state index in [1.165, 1.54) is 5.56 Å². The van der Waals surface area contributed by atoms with Gasteiger partial charge in [0.25, 0.3) is 0 Å². The zero-order chi connectivity index (χ0) is 19.8. The summed E-state index contributed by atoms with van der Waals surface area (Å²) in [5.41, 5.74) is 7.89. The molecule has 0 radical (unpaired) electrons. The van der Waals surface area contributed by atoms with Crippen LogP contribution in [-0.2, 0) is 7.05 Å². The number of nitrogens with zero attached hydrogens (tertiary/aromatic N) is 2. The Bertz CT molecular complexity index is 1200. The zero-order valence-corrected chi connectivity index (χ0v) is 16.7.